The van der Waals surface area contributed by atoms with Crippen LogP contribution in [-0.4, -0.2) is 26.1 Å². The lowest BCUT2D eigenvalue weighted by molar-refractivity contribution is -0.275. The molecule has 1 atom stereocenters. The zero-order valence-electron chi connectivity index (χ0n) is 14.4. The molecule has 0 N–H and O–H groups in total. The Balaban J connectivity index is 1.97. The van der Waals surface area contributed by atoms with Crippen molar-refractivity contribution in [3.05, 3.63) is 60.4 Å². The average molecular weight is 399 g/mol. The van der Waals surface area contributed by atoms with Crippen LogP contribution in [0.15, 0.2) is 63.9 Å². The van der Waals surface area contributed by atoms with Crippen LogP contribution in [0, 0.1) is 0 Å². The lowest BCUT2D eigenvalue weighted by Gasteiger charge is -2.24. The summed E-state index contributed by atoms with van der Waals surface area (Å²) in [4.78, 5) is -0.576. The molecule has 5 nitrogen and oxygen atoms in total. The van der Waals surface area contributed by atoms with E-state index < -0.39 is 33.1 Å². The van der Waals surface area contributed by atoms with Crippen molar-refractivity contribution in [3.63, 3.8) is 0 Å². The highest BCUT2D eigenvalue weighted by molar-refractivity contribution is 7.89. The number of furan rings is 1. The molecule has 0 bridgehead atoms. The van der Waals surface area contributed by atoms with Crippen molar-refractivity contribution < 1.29 is 30.7 Å². The number of sulfonamides is 1. The number of ether oxygens (including phenoxy) is 1. The molecular weight excluding hydrogens is 383 g/mol. The van der Waals surface area contributed by atoms with Crippen LogP contribution in [0.3, 0.4) is 0 Å². The van der Waals surface area contributed by atoms with Gasteiger partial charge in [-0.1, -0.05) is 30.3 Å². The molecule has 1 aromatic heterocycles. The highest BCUT2D eigenvalue weighted by Crippen LogP contribution is 2.35. The maximum absolute atomic E-state index is 12.9. The number of rotatable bonds is 5. The first-order valence-corrected chi connectivity index (χ1v) is 9.35. The van der Waals surface area contributed by atoms with Crippen molar-refractivity contribution >= 4 is 21.0 Å². The van der Waals surface area contributed by atoms with E-state index in [1.54, 1.807) is 25.1 Å². The number of hydrogen-bond donors (Lipinski definition) is 0. The third-order valence-corrected chi connectivity index (χ3v) is 6.10. The summed E-state index contributed by atoms with van der Waals surface area (Å²) in [5.41, 5.74) is 0.589. The van der Waals surface area contributed by atoms with Gasteiger partial charge in [0, 0.05) is 12.4 Å². The summed E-state index contributed by atoms with van der Waals surface area (Å²) in [6.45, 7) is 1.59. The Labute approximate surface area is 154 Å². The monoisotopic (exact) mass is 399 g/mol. The maximum Gasteiger partial charge on any atom is 0.573 e. The van der Waals surface area contributed by atoms with Crippen LogP contribution in [0.5, 0.6) is 5.75 Å². The topological polar surface area (TPSA) is 59.8 Å². The lowest BCUT2D eigenvalue weighted by Crippen LogP contribution is -2.30. The van der Waals surface area contributed by atoms with Crippen LogP contribution in [0.25, 0.3) is 11.0 Å². The molecule has 144 valence electrons. The van der Waals surface area contributed by atoms with Gasteiger partial charge >= 0.3 is 6.36 Å². The third-order valence-electron chi connectivity index (χ3n) is 4.13. The zero-order chi connectivity index (χ0) is 19.8. The van der Waals surface area contributed by atoms with Crippen molar-refractivity contribution in [2.24, 2.45) is 0 Å². The van der Waals surface area contributed by atoms with Gasteiger partial charge in [0.15, 0.2) is 0 Å². The summed E-state index contributed by atoms with van der Waals surface area (Å²) in [5.74, 6) is -0.412. The predicted octanol–water partition coefficient (Wildman–Crippen LogP) is 4.71. The number of halogens is 3. The minimum atomic E-state index is -5.01. The molecule has 0 saturated heterocycles. The van der Waals surface area contributed by atoms with E-state index in [1.165, 1.54) is 19.2 Å². The van der Waals surface area contributed by atoms with Crippen molar-refractivity contribution in [1.29, 1.82) is 0 Å². The van der Waals surface area contributed by atoms with E-state index in [-0.39, 0.29) is 0 Å². The molecular formula is C18H16F3NO4S. The highest BCUT2D eigenvalue weighted by atomic mass is 32.2. The second kappa shape index (κ2) is 6.90. The van der Waals surface area contributed by atoms with Crippen molar-refractivity contribution in [2.45, 2.75) is 24.2 Å². The Hall–Kier alpha value is -2.52. The van der Waals surface area contributed by atoms with E-state index in [4.69, 9.17) is 4.42 Å². The van der Waals surface area contributed by atoms with E-state index in [1.807, 2.05) is 12.1 Å². The molecule has 0 fully saturated rings. The van der Waals surface area contributed by atoms with Crippen LogP contribution >= 0.6 is 0 Å². The molecule has 2 aromatic carbocycles. The minimum absolute atomic E-state index is 0.372. The van der Waals surface area contributed by atoms with Crippen LogP contribution in [0.1, 0.15) is 18.7 Å². The molecule has 0 unspecified atom stereocenters. The predicted molar refractivity (Wildman–Crippen MR) is 92.7 cm³/mol. The summed E-state index contributed by atoms with van der Waals surface area (Å²) in [6, 6.07) is 12.7. The fourth-order valence-corrected chi connectivity index (χ4v) is 4.07. The normalized spacial score (nSPS) is 13.9. The number of benzene rings is 2. The molecule has 0 aliphatic carbocycles. The fourth-order valence-electron chi connectivity index (χ4n) is 2.62. The van der Waals surface area contributed by atoms with Gasteiger partial charge in [0.1, 0.15) is 22.0 Å². The Morgan fingerprint density at radius 3 is 2.37 bits per heavy atom. The maximum atomic E-state index is 12.9. The summed E-state index contributed by atoms with van der Waals surface area (Å²) in [7, 11) is -3.00. The second-order valence-electron chi connectivity index (χ2n) is 5.88. The van der Waals surface area contributed by atoms with Gasteiger partial charge < -0.3 is 9.15 Å². The van der Waals surface area contributed by atoms with Crippen molar-refractivity contribution in [3.8, 4) is 5.75 Å². The van der Waals surface area contributed by atoms with E-state index in [2.05, 4.69) is 4.74 Å². The summed E-state index contributed by atoms with van der Waals surface area (Å²) in [5, 5.41) is 0.797. The van der Waals surface area contributed by atoms with Gasteiger partial charge in [-0.25, -0.2) is 8.42 Å². The first kappa shape index (κ1) is 19.2. The van der Waals surface area contributed by atoms with Gasteiger partial charge in [0.05, 0.1) is 6.04 Å². The van der Waals surface area contributed by atoms with Gasteiger partial charge in [-0.15, -0.1) is 13.2 Å². The van der Waals surface area contributed by atoms with Gasteiger partial charge in [-0.3, -0.25) is 0 Å². The molecule has 0 amide bonds. The van der Waals surface area contributed by atoms with Crippen molar-refractivity contribution in [1.82, 2.24) is 4.31 Å². The fraction of sp³-hybridized carbons (Fsp3) is 0.222. The Morgan fingerprint density at radius 1 is 1.07 bits per heavy atom. The Bertz CT molecular complexity index is 1030. The first-order valence-electron chi connectivity index (χ1n) is 7.91. The van der Waals surface area contributed by atoms with E-state index >= 15 is 0 Å². The summed E-state index contributed by atoms with van der Waals surface area (Å²) >= 11 is 0. The Morgan fingerprint density at radius 2 is 1.70 bits per heavy atom. The summed E-state index contributed by atoms with van der Waals surface area (Å²) < 4.78 is 74.1. The first-order chi connectivity index (χ1) is 12.6. The standard InChI is InChI=1S/C18H16F3NO4S/c1-12(16-11-13-7-3-4-8-14(13)25-16)22(2)27(23,24)17-10-6-5-9-15(17)26-18(19,20)21/h3-12H,1-2H3/t12-/m0/s1. The third kappa shape index (κ3) is 3.93. The number of nitrogens with zero attached hydrogens (tertiary/aromatic N) is 1. The number of para-hydroxylation sites is 2. The second-order valence-corrected chi connectivity index (χ2v) is 7.84. The van der Waals surface area contributed by atoms with Crippen LogP contribution < -0.4 is 4.74 Å². The molecule has 1 heterocycles. The van der Waals surface area contributed by atoms with Crippen molar-refractivity contribution in [2.75, 3.05) is 7.05 Å². The van der Waals surface area contributed by atoms with E-state index in [0.717, 1.165) is 21.8 Å². The zero-order valence-corrected chi connectivity index (χ0v) is 15.2. The lowest BCUT2D eigenvalue weighted by atomic mass is 10.2. The molecule has 3 aromatic rings. The smallest absolute Gasteiger partial charge is 0.459 e. The molecule has 0 spiro atoms. The SMILES string of the molecule is C[C@@H](c1cc2ccccc2o1)N(C)S(=O)(=O)c1ccccc1OC(F)(F)F. The number of alkyl halides is 3. The molecule has 0 aliphatic rings. The summed E-state index contributed by atoms with van der Waals surface area (Å²) in [6.07, 6.45) is -5.01. The average Bonchev–Trinajstić information content (AvgIpc) is 3.03. The molecule has 0 saturated carbocycles. The largest absolute Gasteiger partial charge is 0.573 e. The molecule has 27 heavy (non-hydrogen) atoms. The number of fused-ring (bicyclic) bond motifs is 1. The molecule has 9 heteroatoms. The van der Waals surface area contributed by atoms with Gasteiger partial charge in [0.2, 0.25) is 10.0 Å². The molecule has 0 radical (unpaired) electrons. The molecule has 0 aliphatic heterocycles. The highest BCUT2D eigenvalue weighted by Gasteiger charge is 2.36. The van der Waals surface area contributed by atoms with Gasteiger partial charge in [-0.05, 0) is 31.2 Å². The minimum Gasteiger partial charge on any atom is -0.459 e. The van der Waals surface area contributed by atoms with E-state index in [0.29, 0.717) is 11.3 Å². The van der Waals surface area contributed by atoms with Crippen LogP contribution in [0.2, 0.25) is 0 Å². The molecule has 3 rings (SSSR count). The van der Waals surface area contributed by atoms with Crippen LogP contribution in [-0.2, 0) is 10.0 Å². The van der Waals surface area contributed by atoms with Gasteiger partial charge in [-0.2, -0.15) is 4.31 Å². The number of hydrogen-bond acceptors (Lipinski definition) is 4. The van der Waals surface area contributed by atoms with E-state index in [9.17, 15) is 21.6 Å². The quantitative estimate of drug-likeness (QED) is 0.623. The van der Waals surface area contributed by atoms with Crippen LogP contribution in [0.4, 0.5) is 13.2 Å². The Kier molecular flexibility index (Phi) is 4.92. The van der Waals surface area contributed by atoms with Gasteiger partial charge in [0.25, 0.3) is 0 Å².